The van der Waals surface area contributed by atoms with Crippen molar-refractivity contribution in [3.8, 4) is 5.75 Å². The van der Waals surface area contributed by atoms with E-state index in [2.05, 4.69) is 21.2 Å². The van der Waals surface area contributed by atoms with E-state index in [4.69, 9.17) is 0 Å². The molecule has 0 spiro atoms. The van der Waals surface area contributed by atoms with E-state index in [1.807, 2.05) is 6.92 Å². The predicted molar refractivity (Wildman–Crippen MR) is 108 cm³/mol. The molecule has 1 saturated heterocycles. The van der Waals surface area contributed by atoms with E-state index in [-0.39, 0.29) is 21.9 Å². The second-order valence-corrected chi connectivity index (χ2v) is 9.35. The predicted octanol–water partition coefficient (Wildman–Crippen LogP) is 3.89. The molecule has 1 aliphatic rings. The van der Waals surface area contributed by atoms with Gasteiger partial charge in [-0.25, -0.2) is 8.42 Å². The second-order valence-electron chi connectivity index (χ2n) is 6.58. The van der Waals surface area contributed by atoms with Crippen LogP contribution in [0.3, 0.4) is 0 Å². The molecule has 0 aliphatic carbocycles. The van der Waals surface area contributed by atoms with Gasteiger partial charge in [0.2, 0.25) is 10.0 Å². The van der Waals surface area contributed by atoms with Crippen LogP contribution >= 0.6 is 15.9 Å². The lowest BCUT2D eigenvalue weighted by Gasteiger charge is -2.26. The third kappa shape index (κ3) is 4.34. The Morgan fingerprint density at radius 1 is 1.11 bits per heavy atom. The number of hydrogen-bond acceptors (Lipinski definition) is 4. The molecule has 1 aliphatic heterocycles. The summed E-state index contributed by atoms with van der Waals surface area (Å²) < 4.78 is 27.8. The molecule has 1 amide bonds. The highest BCUT2D eigenvalue weighted by Gasteiger charge is 2.28. The average Bonchev–Trinajstić information content (AvgIpc) is 2.65. The molecule has 2 N–H and O–H groups in total. The quantitative estimate of drug-likeness (QED) is 0.688. The number of carbonyl (C=O) groups is 1. The van der Waals surface area contributed by atoms with Crippen LogP contribution in [0.15, 0.2) is 45.8 Å². The van der Waals surface area contributed by atoms with Gasteiger partial charge in [0.25, 0.3) is 5.91 Å². The van der Waals surface area contributed by atoms with Gasteiger partial charge < -0.3 is 10.4 Å². The molecule has 0 aromatic heterocycles. The topological polar surface area (TPSA) is 86.7 Å². The van der Waals surface area contributed by atoms with Crippen molar-refractivity contribution >= 4 is 37.5 Å². The normalized spacial score (nSPS) is 15.5. The number of benzene rings is 2. The van der Waals surface area contributed by atoms with Gasteiger partial charge in [-0.15, -0.1) is 0 Å². The van der Waals surface area contributed by atoms with Gasteiger partial charge in [-0.05, 0) is 71.6 Å². The van der Waals surface area contributed by atoms with Crippen LogP contribution in [0.5, 0.6) is 5.75 Å². The summed E-state index contributed by atoms with van der Waals surface area (Å²) in [4.78, 5) is 12.7. The molecule has 3 rings (SSSR count). The minimum absolute atomic E-state index is 0.0489. The lowest BCUT2D eigenvalue weighted by molar-refractivity contribution is 0.102. The molecular weight excluding hydrogens is 432 g/mol. The van der Waals surface area contributed by atoms with E-state index in [0.717, 1.165) is 24.8 Å². The Labute approximate surface area is 167 Å². The summed E-state index contributed by atoms with van der Waals surface area (Å²) in [6.45, 7) is 2.82. The molecule has 8 heteroatoms. The Hall–Kier alpha value is -1.90. The number of aromatic hydroxyl groups is 1. The number of rotatable bonds is 4. The van der Waals surface area contributed by atoms with Crippen molar-refractivity contribution in [1.82, 2.24) is 4.31 Å². The van der Waals surface area contributed by atoms with Crippen molar-refractivity contribution in [2.45, 2.75) is 31.1 Å². The monoisotopic (exact) mass is 452 g/mol. The Morgan fingerprint density at radius 2 is 1.81 bits per heavy atom. The van der Waals surface area contributed by atoms with Crippen molar-refractivity contribution in [2.24, 2.45) is 0 Å². The number of sulfonamides is 1. The highest BCUT2D eigenvalue weighted by molar-refractivity contribution is 9.10. The SMILES string of the molecule is Cc1ccc(O)c(NC(=O)c2ccc(Br)c(S(=O)(=O)N3CCCCC3)c2)c1. The lowest BCUT2D eigenvalue weighted by Crippen LogP contribution is -2.35. The first-order valence-electron chi connectivity index (χ1n) is 8.70. The highest BCUT2D eigenvalue weighted by atomic mass is 79.9. The summed E-state index contributed by atoms with van der Waals surface area (Å²) in [5.41, 5.74) is 1.37. The molecule has 0 atom stereocenters. The number of nitrogens with zero attached hydrogens (tertiary/aromatic N) is 1. The van der Waals surface area contributed by atoms with Crippen LogP contribution in [0, 0.1) is 6.92 Å². The first-order chi connectivity index (χ1) is 12.8. The highest BCUT2D eigenvalue weighted by Crippen LogP contribution is 2.29. The number of aryl methyl sites for hydroxylation is 1. The van der Waals surface area contributed by atoms with Gasteiger partial charge in [-0.3, -0.25) is 4.79 Å². The van der Waals surface area contributed by atoms with Crippen LogP contribution in [0.4, 0.5) is 5.69 Å². The zero-order chi connectivity index (χ0) is 19.6. The number of amides is 1. The molecule has 144 valence electrons. The summed E-state index contributed by atoms with van der Waals surface area (Å²) in [5.74, 6) is -0.536. The number of phenols is 1. The zero-order valence-corrected chi connectivity index (χ0v) is 17.3. The third-order valence-corrected chi connectivity index (χ3v) is 7.42. The number of carbonyl (C=O) groups excluding carboxylic acids is 1. The van der Waals surface area contributed by atoms with Gasteiger partial charge in [-0.2, -0.15) is 4.31 Å². The Kier molecular flexibility index (Phi) is 5.88. The number of phenolic OH excluding ortho intramolecular Hbond substituents is 1. The first-order valence-corrected chi connectivity index (χ1v) is 10.9. The van der Waals surface area contributed by atoms with Gasteiger partial charge in [0.05, 0.1) is 10.6 Å². The maximum absolute atomic E-state index is 13.0. The summed E-state index contributed by atoms with van der Waals surface area (Å²) in [6, 6.07) is 9.35. The fourth-order valence-electron chi connectivity index (χ4n) is 3.03. The van der Waals surface area contributed by atoms with Crippen LogP contribution in [-0.2, 0) is 10.0 Å². The van der Waals surface area contributed by atoms with Gasteiger partial charge in [0.1, 0.15) is 5.75 Å². The molecule has 0 radical (unpaired) electrons. The fraction of sp³-hybridized carbons (Fsp3) is 0.316. The smallest absolute Gasteiger partial charge is 0.255 e. The van der Waals surface area contributed by atoms with E-state index in [1.165, 1.54) is 16.4 Å². The van der Waals surface area contributed by atoms with Crippen molar-refractivity contribution in [3.63, 3.8) is 0 Å². The van der Waals surface area contributed by atoms with Gasteiger partial charge >= 0.3 is 0 Å². The number of anilines is 1. The molecular formula is C19H21BrN2O4S. The van der Waals surface area contributed by atoms with E-state index in [1.54, 1.807) is 24.3 Å². The molecule has 6 nitrogen and oxygen atoms in total. The molecule has 2 aromatic rings. The molecule has 0 saturated carbocycles. The molecule has 0 bridgehead atoms. The minimum atomic E-state index is -3.68. The van der Waals surface area contributed by atoms with Crippen LogP contribution in [0.2, 0.25) is 0 Å². The third-order valence-electron chi connectivity index (χ3n) is 4.53. The molecule has 0 unspecified atom stereocenters. The lowest BCUT2D eigenvalue weighted by atomic mass is 10.1. The van der Waals surface area contributed by atoms with Crippen molar-refractivity contribution in [1.29, 1.82) is 0 Å². The molecule has 27 heavy (non-hydrogen) atoms. The summed E-state index contributed by atoms with van der Waals surface area (Å²) in [6.07, 6.45) is 2.70. The summed E-state index contributed by atoms with van der Waals surface area (Å²) in [5, 5.41) is 12.5. The summed E-state index contributed by atoms with van der Waals surface area (Å²) in [7, 11) is -3.68. The van der Waals surface area contributed by atoms with E-state index >= 15 is 0 Å². The Morgan fingerprint density at radius 3 is 2.52 bits per heavy atom. The molecule has 1 heterocycles. The van der Waals surface area contributed by atoms with E-state index < -0.39 is 15.9 Å². The first kappa shape index (κ1) is 19.9. The van der Waals surface area contributed by atoms with Crippen molar-refractivity contribution in [3.05, 3.63) is 52.0 Å². The van der Waals surface area contributed by atoms with Gasteiger partial charge in [0.15, 0.2) is 0 Å². The Bertz CT molecular complexity index is 970. The van der Waals surface area contributed by atoms with Crippen LogP contribution in [0.1, 0.15) is 35.2 Å². The number of nitrogens with one attached hydrogen (secondary N) is 1. The van der Waals surface area contributed by atoms with Crippen LogP contribution < -0.4 is 5.32 Å². The van der Waals surface area contributed by atoms with Gasteiger partial charge in [-0.1, -0.05) is 12.5 Å². The standard InChI is InChI=1S/C19H21BrN2O4S/c1-13-5-8-17(23)16(11-13)21-19(24)14-6-7-15(20)18(12-14)27(25,26)22-9-3-2-4-10-22/h5-8,11-12,23H,2-4,9-10H2,1H3,(H,21,24). The maximum Gasteiger partial charge on any atom is 0.255 e. The molecule has 1 fully saturated rings. The largest absolute Gasteiger partial charge is 0.506 e. The second kappa shape index (κ2) is 8.00. The minimum Gasteiger partial charge on any atom is -0.506 e. The number of halogens is 1. The average molecular weight is 453 g/mol. The van der Waals surface area contributed by atoms with E-state index in [0.29, 0.717) is 17.6 Å². The van der Waals surface area contributed by atoms with E-state index in [9.17, 15) is 18.3 Å². The number of piperidine rings is 1. The fourth-order valence-corrected chi connectivity index (χ4v) is 5.50. The van der Waals surface area contributed by atoms with Crippen LogP contribution in [0.25, 0.3) is 0 Å². The maximum atomic E-state index is 13.0. The zero-order valence-electron chi connectivity index (χ0n) is 14.9. The van der Waals surface area contributed by atoms with Crippen molar-refractivity contribution < 1.29 is 18.3 Å². The summed E-state index contributed by atoms with van der Waals surface area (Å²) >= 11 is 3.29. The van der Waals surface area contributed by atoms with Gasteiger partial charge in [0, 0.05) is 23.1 Å². The number of hydrogen-bond donors (Lipinski definition) is 2. The van der Waals surface area contributed by atoms with Crippen LogP contribution in [-0.4, -0.2) is 36.8 Å². The van der Waals surface area contributed by atoms with Crippen molar-refractivity contribution in [2.75, 3.05) is 18.4 Å². The molecule has 2 aromatic carbocycles. The Balaban J connectivity index is 1.90.